The molecule has 0 aliphatic heterocycles. The molecule has 3 aromatic carbocycles. The molecule has 202 valence electrons. The molecular formula is C32H40N2O4. The Bertz CT molecular complexity index is 1140. The zero-order valence-electron chi connectivity index (χ0n) is 23.7. The number of ether oxygens (including phenoxy) is 2. The second-order valence-corrected chi connectivity index (χ2v) is 11.6. The Kier molecular flexibility index (Phi) is 8.87. The lowest BCUT2D eigenvalue weighted by Gasteiger charge is -2.21. The van der Waals surface area contributed by atoms with Crippen LogP contribution in [0.15, 0.2) is 72.8 Å². The average Bonchev–Trinajstić information content (AvgIpc) is 2.84. The van der Waals surface area contributed by atoms with Gasteiger partial charge < -0.3 is 20.1 Å². The van der Waals surface area contributed by atoms with Gasteiger partial charge in [0.25, 0.3) is 11.8 Å². The molecular weight excluding hydrogens is 476 g/mol. The summed E-state index contributed by atoms with van der Waals surface area (Å²) in [7, 11) is 0. The second-order valence-electron chi connectivity index (χ2n) is 11.6. The predicted octanol–water partition coefficient (Wildman–Crippen LogP) is 7.09. The summed E-state index contributed by atoms with van der Waals surface area (Å²) in [5.74, 6) is 0.581. The minimum atomic E-state index is -0.738. The predicted molar refractivity (Wildman–Crippen MR) is 154 cm³/mol. The first kappa shape index (κ1) is 28.8. The lowest BCUT2D eigenvalue weighted by atomic mass is 9.87. The molecule has 0 aliphatic carbocycles. The van der Waals surface area contributed by atoms with Crippen molar-refractivity contribution in [2.24, 2.45) is 0 Å². The lowest BCUT2D eigenvalue weighted by molar-refractivity contribution is -0.122. The molecule has 3 aromatic rings. The van der Waals surface area contributed by atoms with Crippen LogP contribution in [-0.4, -0.2) is 24.0 Å². The first-order valence-corrected chi connectivity index (χ1v) is 13.0. The molecule has 0 fully saturated rings. The van der Waals surface area contributed by atoms with Gasteiger partial charge in [-0.2, -0.15) is 0 Å². The van der Waals surface area contributed by atoms with Crippen LogP contribution in [0.1, 0.15) is 66.5 Å². The molecule has 0 aliphatic rings. The molecule has 0 radical (unpaired) electrons. The van der Waals surface area contributed by atoms with Crippen molar-refractivity contribution in [1.82, 2.24) is 0 Å². The molecule has 38 heavy (non-hydrogen) atoms. The number of nitrogens with one attached hydrogen (secondary N) is 2. The monoisotopic (exact) mass is 516 g/mol. The Morgan fingerprint density at radius 2 is 0.895 bits per heavy atom. The number of amides is 2. The molecule has 6 heteroatoms. The summed E-state index contributed by atoms with van der Waals surface area (Å²) in [6, 6.07) is 22.6. The SMILES string of the molecule is CC(Oc1ccc(C(C)(C)C)cc1)C(=O)Nc1ccccc1NC(=O)C(C)Oc1ccc(C(C)(C)C)cc1. The van der Waals surface area contributed by atoms with Crippen molar-refractivity contribution in [3.8, 4) is 11.5 Å². The van der Waals surface area contributed by atoms with Gasteiger partial charge >= 0.3 is 0 Å². The summed E-state index contributed by atoms with van der Waals surface area (Å²) < 4.78 is 11.7. The summed E-state index contributed by atoms with van der Waals surface area (Å²) in [6.07, 6.45) is -1.48. The topological polar surface area (TPSA) is 76.7 Å². The van der Waals surface area contributed by atoms with E-state index in [1.807, 2.05) is 48.5 Å². The van der Waals surface area contributed by atoms with Gasteiger partial charge in [0.15, 0.2) is 12.2 Å². The van der Waals surface area contributed by atoms with Crippen LogP contribution < -0.4 is 20.1 Å². The van der Waals surface area contributed by atoms with E-state index in [1.54, 1.807) is 38.1 Å². The maximum atomic E-state index is 12.9. The van der Waals surface area contributed by atoms with Crippen LogP contribution in [0.4, 0.5) is 11.4 Å². The molecule has 2 amide bonds. The number of rotatable bonds is 8. The fraction of sp³-hybridized carbons (Fsp3) is 0.375. The Hall–Kier alpha value is -3.80. The Morgan fingerprint density at radius 3 is 1.18 bits per heavy atom. The van der Waals surface area contributed by atoms with Crippen molar-refractivity contribution in [2.45, 2.75) is 78.4 Å². The van der Waals surface area contributed by atoms with Crippen molar-refractivity contribution in [3.05, 3.63) is 83.9 Å². The molecule has 2 atom stereocenters. The zero-order valence-corrected chi connectivity index (χ0v) is 23.7. The highest BCUT2D eigenvalue weighted by molar-refractivity contribution is 6.02. The number of hydrogen-bond acceptors (Lipinski definition) is 4. The van der Waals surface area contributed by atoms with Crippen LogP contribution in [0.5, 0.6) is 11.5 Å². The number of hydrogen-bond donors (Lipinski definition) is 2. The summed E-state index contributed by atoms with van der Waals surface area (Å²) in [4.78, 5) is 25.8. The average molecular weight is 517 g/mol. The van der Waals surface area contributed by atoms with Crippen LogP contribution in [-0.2, 0) is 20.4 Å². The molecule has 2 unspecified atom stereocenters. The van der Waals surface area contributed by atoms with Gasteiger partial charge in [-0.1, -0.05) is 77.9 Å². The number of carbonyl (C=O) groups is 2. The molecule has 2 N–H and O–H groups in total. The van der Waals surface area contributed by atoms with Crippen molar-refractivity contribution in [1.29, 1.82) is 0 Å². The summed E-state index contributed by atoms with van der Waals surface area (Å²) >= 11 is 0. The van der Waals surface area contributed by atoms with E-state index in [2.05, 4.69) is 52.2 Å². The third-order valence-electron chi connectivity index (χ3n) is 6.25. The number of benzene rings is 3. The van der Waals surface area contributed by atoms with Crippen LogP contribution in [0.3, 0.4) is 0 Å². The zero-order chi connectivity index (χ0) is 28.1. The third-order valence-corrected chi connectivity index (χ3v) is 6.25. The molecule has 6 nitrogen and oxygen atoms in total. The molecule has 3 rings (SSSR count). The summed E-state index contributed by atoms with van der Waals surface area (Å²) in [6.45, 7) is 16.2. The number of para-hydroxylation sites is 2. The van der Waals surface area contributed by atoms with Gasteiger partial charge in [0.1, 0.15) is 11.5 Å². The van der Waals surface area contributed by atoms with Crippen LogP contribution in [0.25, 0.3) is 0 Å². The van der Waals surface area contributed by atoms with Gasteiger partial charge in [-0.25, -0.2) is 0 Å². The van der Waals surface area contributed by atoms with Crippen molar-refractivity contribution < 1.29 is 19.1 Å². The third kappa shape index (κ3) is 7.85. The minimum absolute atomic E-state index is 0.0368. The van der Waals surface area contributed by atoms with E-state index in [-0.39, 0.29) is 22.6 Å². The van der Waals surface area contributed by atoms with E-state index in [1.165, 1.54) is 11.1 Å². The van der Waals surface area contributed by atoms with Gasteiger partial charge in [0, 0.05) is 0 Å². The first-order valence-electron chi connectivity index (χ1n) is 13.0. The standard InChI is InChI=1S/C32H40N2O4/c1-21(37-25-17-13-23(14-18-25)31(3,4)5)29(35)33-27-11-9-10-12-28(27)34-30(36)22(2)38-26-19-15-24(16-20-26)32(6,7)8/h9-22H,1-8H3,(H,33,35)(H,34,36). The van der Waals surface area contributed by atoms with E-state index in [0.29, 0.717) is 22.9 Å². The molecule has 0 saturated carbocycles. The fourth-order valence-corrected chi connectivity index (χ4v) is 3.75. The maximum absolute atomic E-state index is 12.9. The van der Waals surface area contributed by atoms with Crippen LogP contribution in [0, 0.1) is 0 Å². The Balaban J connectivity index is 1.60. The van der Waals surface area contributed by atoms with Crippen LogP contribution in [0.2, 0.25) is 0 Å². The first-order chi connectivity index (χ1) is 17.7. The number of carbonyl (C=O) groups excluding carboxylic acids is 2. The second kappa shape index (κ2) is 11.7. The van der Waals surface area contributed by atoms with Crippen molar-refractivity contribution in [3.63, 3.8) is 0 Å². The van der Waals surface area contributed by atoms with Gasteiger partial charge in [0.2, 0.25) is 0 Å². The van der Waals surface area contributed by atoms with Crippen molar-refractivity contribution >= 4 is 23.2 Å². The van der Waals surface area contributed by atoms with E-state index >= 15 is 0 Å². The normalized spacial score (nSPS) is 13.3. The lowest BCUT2D eigenvalue weighted by Crippen LogP contribution is -2.32. The highest BCUT2D eigenvalue weighted by Gasteiger charge is 2.21. The van der Waals surface area contributed by atoms with Crippen LogP contribution >= 0.6 is 0 Å². The number of anilines is 2. The van der Waals surface area contributed by atoms with E-state index in [4.69, 9.17) is 9.47 Å². The quantitative estimate of drug-likeness (QED) is 0.335. The summed E-state index contributed by atoms with van der Waals surface area (Å²) in [5.41, 5.74) is 3.40. The fourth-order valence-electron chi connectivity index (χ4n) is 3.75. The highest BCUT2D eigenvalue weighted by Crippen LogP contribution is 2.27. The minimum Gasteiger partial charge on any atom is -0.481 e. The highest BCUT2D eigenvalue weighted by atomic mass is 16.5. The van der Waals surface area contributed by atoms with E-state index in [0.717, 1.165) is 0 Å². The van der Waals surface area contributed by atoms with E-state index < -0.39 is 12.2 Å². The van der Waals surface area contributed by atoms with E-state index in [9.17, 15) is 9.59 Å². The smallest absolute Gasteiger partial charge is 0.265 e. The Morgan fingerprint density at radius 1 is 0.579 bits per heavy atom. The van der Waals surface area contributed by atoms with Gasteiger partial charge in [-0.3, -0.25) is 9.59 Å². The molecule has 0 bridgehead atoms. The molecule has 0 heterocycles. The Labute approximate surface area is 226 Å². The summed E-state index contributed by atoms with van der Waals surface area (Å²) in [5, 5.41) is 5.72. The molecule has 0 spiro atoms. The van der Waals surface area contributed by atoms with Gasteiger partial charge in [0.05, 0.1) is 11.4 Å². The van der Waals surface area contributed by atoms with Crippen molar-refractivity contribution in [2.75, 3.05) is 10.6 Å². The van der Waals surface area contributed by atoms with Gasteiger partial charge in [-0.15, -0.1) is 0 Å². The largest absolute Gasteiger partial charge is 0.481 e. The molecule has 0 aromatic heterocycles. The van der Waals surface area contributed by atoms with Gasteiger partial charge in [-0.05, 0) is 72.2 Å². The molecule has 0 saturated heterocycles. The maximum Gasteiger partial charge on any atom is 0.265 e.